The van der Waals surface area contributed by atoms with Crippen LogP contribution in [-0.2, 0) is 6.42 Å². The lowest BCUT2D eigenvalue weighted by Gasteiger charge is -2.01. The number of phenolic OH excluding ortho intramolecular Hbond substituents is 1. The predicted molar refractivity (Wildman–Crippen MR) is 54.7 cm³/mol. The van der Waals surface area contributed by atoms with E-state index in [1.807, 2.05) is 0 Å². The van der Waals surface area contributed by atoms with Gasteiger partial charge in [0.05, 0.1) is 12.0 Å². The van der Waals surface area contributed by atoms with Crippen LogP contribution in [0.4, 0.5) is 0 Å². The van der Waals surface area contributed by atoms with Gasteiger partial charge in [-0.1, -0.05) is 12.1 Å². The summed E-state index contributed by atoms with van der Waals surface area (Å²) in [5.41, 5.74) is 0.328. The van der Waals surface area contributed by atoms with E-state index in [1.54, 1.807) is 30.6 Å². The summed E-state index contributed by atoms with van der Waals surface area (Å²) in [6, 6.07) is 6.49. The van der Waals surface area contributed by atoms with Crippen molar-refractivity contribution >= 4 is 5.78 Å². The van der Waals surface area contributed by atoms with Crippen LogP contribution in [0.5, 0.6) is 5.75 Å². The minimum absolute atomic E-state index is 0.00839. The number of imidazole rings is 1. The number of rotatable bonds is 3. The zero-order valence-corrected chi connectivity index (χ0v) is 7.97. The van der Waals surface area contributed by atoms with Gasteiger partial charge in [0.25, 0.3) is 0 Å². The number of ketones is 1. The maximum absolute atomic E-state index is 11.7. The number of aromatic amines is 1. The second-order valence-corrected chi connectivity index (χ2v) is 3.15. The Hall–Kier alpha value is -2.10. The van der Waals surface area contributed by atoms with Crippen molar-refractivity contribution in [2.24, 2.45) is 0 Å². The number of carbonyl (C=O) groups excluding carboxylic acids is 1. The molecule has 0 spiro atoms. The molecule has 0 saturated heterocycles. The highest BCUT2D eigenvalue weighted by molar-refractivity contribution is 5.99. The summed E-state index contributed by atoms with van der Waals surface area (Å²) in [5.74, 6) is 0.459. The maximum atomic E-state index is 11.7. The predicted octanol–water partition coefficient (Wildman–Crippen LogP) is 1.54. The Morgan fingerprint density at radius 2 is 2.20 bits per heavy atom. The first-order valence-electron chi connectivity index (χ1n) is 4.57. The molecule has 2 rings (SSSR count). The van der Waals surface area contributed by atoms with Gasteiger partial charge in [0.15, 0.2) is 5.78 Å². The van der Waals surface area contributed by atoms with Gasteiger partial charge in [-0.2, -0.15) is 0 Å². The van der Waals surface area contributed by atoms with Gasteiger partial charge in [-0.3, -0.25) is 4.79 Å². The number of H-pyrrole nitrogens is 1. The molecule has 15 heavy (non-hydrogen) atoms. The Kier molecular flexibility index (Phi) is 2.49. The molecule has 2 N–H and O–H groups in total. The number of carbonyl (C=O) groups is 1. The highest BCUT2D eigenvalue weighted by Gasteiger charge is 2.11. The highest BCUT2D eigenvalue weighted by Crippen LogP contribution is 2.17. The standard InChI is InChI=1S/C11H10N2O2/c14-9-4-2-1-3-8(9)10(15)7-11-12-5-6-13-11/h1-6,14H,7H2,(H,12,13). The highest BCUT2D eigenvalue weighted by atomic mass is 16.3. The number of nitrogens with one attached hydrogen (secondary N) is 1. The van der Waals surface area contributed by atoms with E-state index in [2.05, 4.69) is 9.97 Å². The fourth-order valence-electron chi connectivity index (χ4n) is 1.35. The van der Waals surface area contributed by atoms with Gasteiger partial charge in [-0.05, 0) is 12.1 Å². The van der Waals surface area contributed by atoms with Crippen LogP contribution in [0.2, 0.25) is 0 Å². The lowest BCUT2D eigenvalue weighted by Crippen LogP contribution is -2.04. The molecule has 1 aromatic carbocycles. The van der Waals surface area contributed by atoms with Crippen molar-refractivity contribution in [2.45, 2.75) is 6.42 Å². The van der Waals surface area contributed by atoms with E-state index < -0.39 is 0 Å². The van der Waals surface area contributed by atoms with E-state index in [0.29, 0.717) is 11.4 Å². The van der Waals surface area contributed by atoms with Crippen LogP contribution in [-0.4, -0.2) is 20.9 Å². The lowest BCUT2D eigenvalue weighted by atomic mass is 10.1. The summed E-state index contributed by atoms with van der Waals surface area (Å²) in [6.45, 7) is 0. The largest absolute Gasteiger partial charge is 0.507 e. The average molecular weight is 202 g/mol. The van der Waals surface area contributed by atoms with Crippen LogP contribution in [0.25, 0.3) is 0 Å². The molecule has 4 nitrogen and oxygen atoms in total. The van der Waals surface area contributed by atoms with Crippen LogP contribution in [0.1, 0.15) is 16.2 Å². The molecule has 0 amide bonds. The Labute approximate surface area is 86.6 Å². The molecule has 76 valence electrons. The molecule has 0 bridgehead atoms. The van der Waals surface area contributed by atoms with Gasteiger partial charge in [0.2, 0.25) is 0 Å². The van der Waals surface area contributed by atoms with Gasteiger partial charge in [0, 0.05) is 12.4 Å². The van der Waals surface area contributed by atoms with Crippen molar-refractivity contribution in [1.29, 1.82) is 0 Å². The monoisotopic (exact) mass is 202 g/mol. The molecule has 0 fully saturated rings. The number of aromatic nitrogens is 2. The zero-order valence-electron chi connectivity index (χ0n) is 7.97. The number of para-hydroxylation sites is 1. The minimum Gasteiger partial charge on any atom is -0.507 e. The second kappa shape index (κ2) is 3.96. The minimum atomic E-state index is -0.150. The molecule has 0 unspecified atom stereocenters. The van der Waals surface area contributed by atoms with Gasteiger partial charge in [-0.15, -0.1) is 0 Å². The third-order valence-electron chi connectivity index (χ3n) is 2.09. The van der Waals surface area contributed by atoms with Crippen LogP contribution in [0.3, 0.4) is 0 Å². The topological polar surface area (TPSA) is 66.0 Å². The summed E-state index contributed by atoms with van der Waals surface area (Å²) in [7, 11) is 0. The fraction of sp³-hybridized carbons (Fsp3) is 0.0909. The molecular formula is C11H10N2O2. The van der Waals surface area contributed by atoms with Gasteiger partial charge >= 0.3 is 0 Å². The third-order valence-corrected chi connectivity index (χ3v) is 2.09. The van der Waals surface area contributed by atoms with Gasteiger partial charge < -0.3 is 10.1 Å². The van der Waals surface area contributed by atoms with Gasteiger partial charge in [-0.25, -0.2) is 4.98 Å². The van der Waals surface area contributed by atoms with Crippen molar-refractivity contribution in [2.75, 3.05) is 0 Å². The molecule has 0 aliphatic heterocycles. The summed E-state index contributed by atoms with van der Waals surface area (Å²) in [5, 5.41) is 9.46. The third kappa shape index (κ3) is 2.04. The van der Waals surface area contributed by atoms with E-state index in [1.165, 1.54) is 6.07 Å². The van der Waals surface area contributed by atoms with Gasteiger partial charge in [0.1, 0.15) is 11.6 Å². The van der Waals surface area contributed by atoms with Crippen molar-refractivity contribution in [3.05, 3.63) is 48.0 Å². The summed E-state index contributed by atoms with van der Waals surface area (Å²) in [4.78, 5) is 18.5. The Morgan fingerprint density at radius 1 is 1.40 bits per heavy atom. The molecule has 4 heteroatoms. The van der Waals surface area contributed by atoms with Crippen LogP contribution in [0.15, 0.2) is 36.7 Å². The number of aromatic hydroxyl groups is 1. The molecular weight excluding hydrogens is 192 g/mol. The van der Waals surface area contributed by atoms with E-state index in [-0.39, 0.29) is 18.0 Å². The number of hydrogen-bond acceptors (Lipinski definition) is 3. The van der Waals surface area contributed by atoms with E-state index in [4.69, 9.17) is 0 Å². The normalized spacial score (nSPS) is 10.1. The molecule has 0 aliphatic carbocycles. The number of nitrogens with zero attached hydrogens (tertiary/aromatic N) is 1. The Morgan fingerprint density at radius 3 is 2.87 bits per heavy atom. The first kappa shape index (κ1) is 9.45. The van der Waals surface area contributed by atoms with E-state index in [0.717, 1.165) is 0 Å². The fourth-order valence-corrected chi connectivity index (χ4v) is 1.35. The van der Waals surface area contributed by atoms with Crippen LogP contribution in [0, 0.1) is 0 Å². The van der Waals surface area contributed by atoms with Crippen molar-refractivity contribution in [3.63, 3.8) is 0 Å². The zero-order chi connectivity index (χ0) is 10.7. The molecule has 1 aromatic heterocycles. The maximum Gasteiger partial charge on any atom is 0.174 e. The molecule has 0 aliphatic rings. The number of hydrogen-bond donors (Lipinski definition) is 2. The summed E-state index contributed by atoms with van der Waals surface area (Å²) in [6.07, 6.45) is 3.42. The SMILES string of the molecule is O=C(Cc1ncc[nH]1)c1ccccc1O. The number of phenols is 1. The Bertz CT molecular complexity index is 463. The van der Waals surface area contributed by atoms with Crippen LogP contribution >= 0.6 is 0 Å². The summed E-state index contributed by atoms with van der Waals surface area (Å²) >= 11 is 0. The summed E-state index contributed by atoms with van der Waals surface area (Å²) < 4.78 is 0. The number of benzene rings is 1. The molecule has 1 heterocycles. The Balaban J connectivity index is 2.19. The van der Waals surface area contributed by atoms with Crippen molar-refractivity contribution < 1.29 is 9.90 Å². The average Bonchev–Trinajstić information content (AvgIpc) is 2.71. The second-order valence-electron chi connectivity index (χ2n) is 3.15. The molecule has 0 saturated carbocycles. The quantitative estimate of drug-likeness (QED) is 0.742. The molecule has 2 aromatic rings. The lowest BCUT2D eigenvalue weighted by molar-refractivity contribution is 0.0988. The van der Waals surface area contributed by atoms with Crippen molar-refractivity contribution in [1.82, 2.24) is 9.97 Å². The smallest absolute Gasteiger partial charge is 0.174 e. The van der Waals surface area contributed by atoms with E-state index in [9.17, 15) is 9.90 Å². The van der Waals surface area contributed by atoms with E-state index >= 15 is 0 Å². The molecule has 0 atom stereocenters. The first-order chi connectivity index (χ1) is 7.27. The van der Waals surface area contributed by atoms with Crippen molar-refractivity contribution in [3.8, 4) is 5.75 Å². The molecule has 0 radical (unpaired) electrons. The van der Waals surface area contributed by atoms with Crippen LogP contribution < -0.4 is 0 Å². The first-order valence-corrected chi connectivity index (χ1v) is 4.57. The number of Topliss-reactive ketones (excluding diaryl/α,β-unsaturated/α-hetero) is 1.